The van der Waals surface area contributed by atoms with E-state index in [1.54, 1.807) is 18.2 Å². The van der Waals surface area contributed by atoms with Crippen LogP contribution in [0.25, 0.3) is 0 Å². The average Bonchev–Trinajstić information content (AvgIpc) is 2.59. The highest BCUT2D eigenvalue weighted by Gasteiger charge is 2.02. The molecule has 0 aliphatic carbocycles. The lowest BCUT2D eigenvalue weighted by molar-refractivity contribution is -0.121. The van der Waals surface area contributed by atoms with Gasteiger partial charge in [0.25, 0.3) is 0 Å². The van der Waals surface area contributed by atoms with Crippen molar-refractivity contribution in [1.82, 2.24) is 5.43 Å². The Balaban J connectivity index is 1.72. The van der Waals surface area contributed by atoms with Gasteiger partial charge in [-0.25, -0.2) is 5.43 Å². The number of aryl methyl sites for hydroxylation is 1. The molecule has 4 nitrogen and oxygen atoms in total. The van der Waals surface area contributed by atoms with Crippen molar-refractivity contribution < 1.29 is 9.53 Å². The summed E-state index contributed by atoms with van der Waals surface area (Å²) >= 11 is 11.9. The normalized spacial score (nSPS) is 10.8. The zero-order chi connectivity index (χ0) is 18.1. The van der Waals surface area contributed by atoms with Gasteiger partial charge in [0.1, 0.15) is 5.75 Å². The first-order valence-electron chi connectivity index (χ1n) is 8.07. The lowest BCUT2D eigenvalue weighted by Gasteiger charge is -2.05. The molecule has 2 rings (SSSR count). The number of amides is 1. The summed E-state index contributed by atoms with van der Waals surface area (Å²) < 4.78 is 5.40. The predicted molar refractivity (Wildman–Crippen MR) is 103 cm³/mol. The Morgan fingerprint density at radius 2 is 1.96 bits per heavy atom. The molecule has 0 unspecified atom stereocenters. The molecule has 0 aromatic heterocycles. The lowest BCUT2D eigenvalue weighted by Crippen LogP contribution is -2.17. The molecule has 0 spiro atoms. The molecule has 0 aliphatic heterocycles. The summed E-state index contributed by atoms with van der Waals surface area (Å²) in [5.74, 6) is 0.728. The summed E-state index contributed by atoms with van der Waals surface area (Å²) in [5, 5.41) is 4.96. The monoisotopic (exact) mass is 378 g/mol. The molecule has 6 heteroatoms. The molecule has 0 radical (unpaired) electrons. The Morgan fingerprint density at radius 3 is 2.64 bits per heavy atom. The molecule has 0 saturated heterocycles. The number of rotatable bonds is 8. The first-order valence-corrected chi connectivity index (χ1v) is 8.82. The average molecular weight is 379 g/mol. The second-order valence-electron chi connectivity index (χ2n) is 5.39. The second kappa shape index (κ2) is 10.1. The van der Waals surface area contributed by atoms with Gasteiger partial charge in [-0.2, -0.15) is 5.10 Å². The maximum atomic E-state index is 11.8. The fourth-order valence-corrected chi connectivity index (χ4v) is 2.67. The molecule has 25 heavy (non-hydrogen) atoms. The SMILES string of the molecule is CCOc1ccc(CCCC(=O)NN=Cc2ccc(Cl)cc2Cl)cc1. The van der Waals surface area contributed by atoms with Crippen LogP contribution in [0.15, 0.2) is 47.6 Å². The fourth-order valence-electron chi connectivity index (χ4n) is 2.21. The number of halogens is 2. The molecule has 132 valence electrons. The van der Waals surface area contributed by atoms with Gasteiger partial charge < -0.3 is 4.74 Å². The van der Waals surface area contributed by atoms with Crippen LogP contribution < -0.4 is 10.2 Å². The zero-order valence-corrected chi connectivity index (χ0v) is 15.5. The van der Waals surface area contributed by atoms with Gasteiger partial charge in [0.2, 0.25) is 5.91 Å². The Bertz CT molecular complexity index is 731. The summed E-state index contributed by atoms with van der Waals surface area (Å²) in [5.41, 5.74) is 4.37. The Labute approximate surface area is 157 Å². The number of ether oxygens (including phenoxy) is 1. The van der Waals surface area contributed by atoms with Crippen molar-refractivity contribution in [3.63, 3.8) is 0 Å². The highest BCUT2D eigenvalue weighted by molar-refractivity contribution is 6.36. The van der Waals surface area contributed by atoms with E-state index in [1.165, 1.54) is 11.8 Å². The van der Waals surface area contributed by atoms with Crippen LogP contribution in [0.2, 0.25) is 10.0 Å². The Kier molecular flexibility index (Phi) is 7.76. The van der Waals surface area contributed by atoms with Crippen LogP contribution in [0.3, 0.4) is 0 Å². The Morgan fingerprint density at radius 1 is 1.20 bits per heavy atom. The summed E-state index contributed by atoms with van der Waals surface area (Å²) in [6.07, 6.45) is 3.48. The number of hydrogen-bond acceptors (Lipinski definition) is 3. The van der Waals surface area contributed by atoms with Crippen LogP contribution in [0.4, 0.5) is 0 Å². The third-order valence-electron chi connectivity index (χ3n) is 3.46. The third kappa shape index (κ3) is 6.77. The third-order valence-corrected chi connectivity index (χ3v) is 4.02. The van der Waals surface area contributed by atoms with Gasteiger partial charge in [-0.05, 0) is 49.6 Å². The summed E-state index contributed by atoms with van der Waals surface area (Å²) in [4.78, 5) is 11.8. The zero-order valence-electron chi connectivity index (χ0n) is 14.0. The summed E-state index contributed by atoms with van der Waals surface area (Å²) in [6, 6.07) is 13.0. The van der Waals surface area contributed by atoms with E-state index < -0.39 is 0 Å². The standard InChI is InChI=1S/C19H20Cl2N2O2/c1-2-25-17-10-6-14(7-11-17)4-3-5-19(24)23-22-13-15-8-9-16(20)12-18(15)21/h6-13H,2-5H2,1H3,(H,23,24). The van der Waals surface area contributed by atoms with E-state index in [2.05, 4.69) is 10.5 Å². The van der Waals surface area contributed by atoms with E-state index in [-0.39, 0.29) is 5.91 Å². The molecule has 0 heterocycles. The van der Waals surface area contributed by atoms with E-state index in [4.69, 9.17) is 27.9 Å². The van der Waals surface area contributed by atoms with E-state index in [0.29, 0.717) is 28.6 Å². The minimum Gasteiger partial charge on any atom is -0.494 e. The molecule has 2 aromatic rings. The summed E-state index contributed by atoms with van der Waals surface area (Å²) in [6.45, 7) is 2.61. The van der Waals surface area contributed by atoms with E-state index in [1.807, 2.05) is 31.2 Å². The first kappa shape index (κ1) is 19.3. The highest BCUT2D eigenvalue weighted by atomic mass is 35.5. The number of nitrogens with one attached hydrogen (secondary N) is 1. The maximum absolute atomic E-state index is 11.8. The molecule has 0 fully saturated rings. The van der Waals surface area contributed by atoms with Crippen molar-refractivity contribution in [2.45, 2.75) is 26.2 Å². The van der Waals surface area contributed by atoms with E-state index in [9.17, 15) is 4.79 Å². The van der Waals surface area contributed by atoms with Gasteiger partial charge in [0.05, 0.1) is 17.8 Å². The smallest absolute Gasteiger partial charge is 0.240 e. The minimum atomic E-state index is -0.132. The molecule has 1 N–H and O–H groups in total. The van der Waals surface area contributed by atoms with E-state index >= 15 is 0 Å². The number of benzene rings is 2. The first-order chi connectivity index (χ1) is 12.1. The molecule has 0 aliphatic rings. The topological polar surface area (TPSA) is 50.7 Å². The van der Waals surface area contributed by atoms with Crippen LogP contribution in [0.5, 0.6) is 5.75 Å². The fraction of sp³-hybridized carbons (Fsp3) is 0.263. The number of carbonyl (C=O) groups excluding carboxylic acids is 1. The van der Waals surface area contributed by atoms with Crippen molar-refractivity contribution in [3.8, 4) is 5.75 Å². The second-order valence-corrected chi connectivity index (χ2v) is 6.23. The predicted octanol–water partition coefficient (Wildman–Crippen LogP) is 4.87. The van der Waals surface area contributed by atoms with Gasteiger partial charge in [-0.15, -0.1) is 0 Å². The molecule has 0 bridgehead atoms. The van der Waals surface area contributed by atoms with E-state index in [0.717, 1.165) is 18.6 Å². The number of hydrogen-bond donors (Lipinski definition) is 1. The van der Waals surface area contributed by atoms with Crippen molar-refractivity contribution in [2.24, 2.45) is 5.10 Å². The molecule has 0 saturated carbocycles. The Hall–Kier alpha value is -2.04. The van der Waals surface area contributed by atoms with Gasteiger partial charge in [-0.3, -0.25) is 4.79 Å². The summed E-state index contributed by atoms with van der Waals surface area (Å²) in [7, 11) is 0. The van der Waals surface area contributed by atoms with Gasteiger partial charge in [0, 0.05) is 17.0 Å². The highest BCUT2D eigenvalue weighted by Crippen LogP contribution is 2.19. The van der Waals surface area contributed by atoms with Crippen LogP contribution >= 0.6 is 23.2 Å². The maximum Gasteiger partial charge on any atom is 0.240 e. The minimum absolute atomic E-state index is 0.132. The van der Waals surface area contributed by atoms with Crippen LogP contribution in [-0.4, -0.2) is 18.7 Å². The van der Waals surface area contributed by atoms with Gasteiger partial charge >= 0.3 is 0 Å². The van der Waals surface area contributed by atoms with Crippen molar-refractivity contribution in [1.29, 1.82) is 0 Å². The van der Waals surface area contributed by atoms with Crippen LogP contribution in [0, 0.1) is 0 Å². The van der Waals surface area contributed by atoms with Gasteiger partial charge in [-0.1, -0.05) is 41.4 Å². The van der Waals surface area contributed by atoms with Gasteiger partial charge in [0.15, 0.2) is 0 Å². The van der Waals surface area contributed by atoms with Crippen LogP contribution in [0.1, 0.15) is 30.9 Å². The number of hydrazone groups is 1. The number of nitrogens with zero attached hydrogens (tertiary/aromatic N) is 1. The molecular formula is C19H20Cl2N2O2. The van der Waals surface area contributed by atoms with Crippen molar-refractivity contribution >= 4 is 35.3 Å². The quantitative estimate of drug-likeness (QED) is 0.526. The number of carbonyl (C=O) groups is 1. The molecule has 0 atom stereocenters. The van der Waals surface area contributed by atoms with Crippen molar-refractivity contribution in [2.75, 3.05) is 6.61 Å². The largest absolute Gasteiger partial charge is 0.494 e. The molecule has 2 aromatic carbocycles. The molecular weight excluding hydrogens is 359 g/mol. The lowest BCUT2D eigenvalue weighted by atomic mass is 10.1. The van der Waals surface area contributed by atoms with Crippen molar-refractivity contribution in [3.05, 3.63) is 63.6 Å². The van der Waals surface area contributed by atoms with Crippen LogP contribution in [-0.2, 0) is 11.2 Å². The molecule has 1 amide bonds.